The summed E-state index contributed by atoms with van der Waals surface area (Å²) in [6, 6.07) is 3.35. The molecule has 0 spiro atoms. The lowest BCUT2D eigenvalue weighted by Gasteiger charge is -2.11. The number of rotatable bonds is 2. The molecule has 0 amide bonds. The van der Waals surface area contributed by atoms with E-state index >= 15 is 0 Å². The Labute approximate surface area is 96.4 Å². The van der Waals surface area contributed by atoms with E-state index < -0.39 is 11.1 Å². The highest BCUT2D eigenvalue weighted by Gasteiger charge is 2.13. The van der Waals surface area contributed by atoms with Crippen LogP contribution >= 0.6 is 0 Å². The standard InChI is InChI=1S/C11H12N2O4/c1-13-9-7(17-3)5-4-6(16-2)8(9)12-10(14)11(13)15/h4-5H,1-3H3,(H,12,14). The summed E-state index contributed by atoms with van der Waals surface area (Å²) in [5, 5.41) is 0. The van der Waals surface area contributed by atoms with Crippen molar-refractivity contribution in [1.29, 1.82) is 0 Å². The highest BCUT2D eigenvalue weighted by molar-refractivity contribution is 5.86. The molecule has 1 N–H and O–H groups in total. The third-order valence-electron chi connectivity index (χ3n) is 2.62. The quantitative estimate of drug-likeness (QED) is 0.758. The number of hydrogen-bond donors (Lipinski definition) is 1. The minimum Gasteiger partial charge on any atom is -0.494 e. The van der Waals surface area contributed by atoms with E-state index in [9.17, 15) is 9.59 Å². The number of nitrogens with one attached hydrogen (secondary N) is 1. The summed E-state index contributed by atoms with van der Waals surface area (Å²) in [6.07, 6.45) is 0. The van der Waals surface area contributed by atoms with Crippen molar-refractivity contribution in [2.24, 2.45) is 7.05 Å². The van der Waals surface area contributed by atoms with Crippen LogP contribution in [0.25, 0.3) is 11.0 Å². The molecule has 0 unspecified atom stereocenters. The summed E-state index contributed by atoms with van der Waals surface area (Å²) in [5.74, 6) is 0.977. The van der Waals surface area contributed by atoms with Gasteiger partial charge in [-0.25, -0.2) is 0 Å². The normalized spacial score (nSPS) is 10.5. The second-order valence-corrected chi connectivity index (χ2v) is 3.51. The maximum atomic E-state index is 11.6. The molecule has 2 aromatic rings. The molecule has 0 bridgehead atoms. The molecule has 0 fully saturated rings. The summed E-state index contributed by atoms with van der Waals surface area (Å²) in [4.78, 5) is 25.5. The van der Waals surface area contributed by atoms with E-state index in [4.69, 9.17) is 9.47 Å². The van der Waals surface area contributed by atoms with E-state index in [-0.39, 0.29) is 0 Å². The second-order valence-electron chi connectivity index (χ2n) is 3.51. The molecule has 0 saturated carbocycles. The van der Waals surface area contributed by atoms with E-state index in [1.807, 2.05) is 0 Å². The van der Waals surface area contributed by atoms with Crippen molar-refractivity contribution in [3.8, 4) is 11.5 Å². The Bertz CT molecular complexity index is 684. The van der Waals surface area contributed by atoms with Gasteiger partial charge < -0.3 is 19.0 Å². The molecule has 6 nitrogen and oxygen atoms in total. The zero-order valence-electron chi connectivity index (χ0n) is 9.73. The minimum absolute atomic E-state index is 0.443. The van der Waals surface area contributed by atoms with E-state index in [2.05, 4.69) is 4.98 Å². The van der Waals surface area contributed by atoms with Gasteiger partial charge in [0.1, 0.15) is 22.5 Å². The van der Waals surface area contributed by atoms with Gasteiger partial charge in [-0.3, -0.25) is 9.59 Å². The van der Waals surface area contributed by atoms with Gasteiger partial charge in [-0.2, -0.15) is 0 Å². The third kappa shape index (κ3) is 1.57. The molecule has 1 aromatic heterocycles. The lowest BCUT2D eigenvalue weighted by atomic mass is 10.2. The number of fused-ring (bicyclic) bond motifs is 1. The fourth-order valence-electron chi connectivity index (χ4n) is 1.76. The van der Waals surface area contributed by atoms with Crippen molar-refractivity contribution in [2.45, 2.75) is 0 Å². The predicted molar refractivity (Wildman–Crippen MR) is 62.9 cm³/mol. The van der Waals surface area contributed by atoms with Crippen molar-refractivity contribution in [3.63, 3.8) is 0 Å². The smallest absolute Gasteiger partial charge is 0.316 e. The molecular weight excluding hydrogens is 224 g/mol. The van der Waals surface area contributed by atoms with Gasteiger partial charge in [0.15, 0.2) is 0 Å². The van der Waals surface area contributed by atoms with Crippen LogP contribution in [0.5, 0.6) is 11.5 Å². The summed E-state index contributed by atoms with van der Waals surface area (Å²) in [5.41, 5.74) is -0.383. The first kappa shape index (κ1) is 11.3. The van der Waals surface area contributed by atoms with Crippen molar-refractivity contribution in [2.75, 3.05) is 14.2 Å². The number of nitrogens with zero attached hydrogens (tertiary/aromatic N) is 1. The molecule has 1 aromatic carbocycles. The Hall–Kier alpha value is -2.24. The number of aromatic nitrogens is 2. The monoisotopic (exact) mass is 236 g/mol. The van der Waals surface area contributed by atoms with Crippen LogP contribution < -0.4 is 20.6 Å². The summed E-state index contributed by atoms with van der Waals surface area (Å²) in [6.45, 7) is 0. The Morgan fingerprint density at radius 3 is 2.29 bits per heavy atom. The average molecular weight is 236 g/mol. The summed E-state index contributed by atoms with van der Waals surface area (Å²) >= 11 is 0. The molecule has 2 rings (SSSR count). The Morgan fingerprint density at radius 1 is 1.12 bits per heavy atom. The van der Waals surface area contributed by atoms with Crippen LogP contribution in [-0.4, -0.2) is 23.8 Å². The van der Waals surface area contributed by atoms with E-state index in [1.54, 1.807) is 12.1 Å². The van der Waals surface area contributed by atoms with Crippen molar-refractivity contribution < 1.29 is 9.47 Å². The Balaban J connectivity index is 3.07. The van der Waals surface area contributed by atoms with Crippen LogP contribution in [0.2, 0.25) is 0 Å². The molecule has 0 radical (unpaired) electrons. The highest BCUT2D eigenvalue weighted by Crippen LogP contribution is 2.29. The SMILES string of the molecule is COc1ccc(OC)c2c1[nH]c(=O)c(=O)n2C. The highest BCUT2D eigenvalue weighted by atomic mass is 16.5. The first-order chi connectivity index (χ1) is 8.10. The molecule has 0 aliphatic heterocycles. The molecule has 6 heteroatoms. The number of aryl methyl sites for hydroxylation is 1. The van der Waals surface area contributed by atoms with Gasteiger partial charge in [0.05, 0.1) is 14.2 Å². The van der Waals surface area contributed by atoms with Crippen molar-refractivity contribution in [1.82, 2.24) is 9.55 Å². The molecule has 0 saturated heterocycles. The van der Waals surface area contributed by atoms with Gasteiger partial charge in [-0.1, -0.05) is 0 Å². The minimum atomic E-state index is -0.688. The van der Waals surface area contributed by atoms with Crippen LogP contribution in [0.15, 0.2) is 21.7 Å². The van der Waals surface area contributed by atoms with Gasteiger partial charge in [-0.05, 0) is 12.1 Å². The fraction of sp³-hybridized carbons (Fsp3) is 0.273. The van der Waals surface area contributed by atoms with Crippen LogP contribution in [0, 0.1) is 0 Å². The number of methoxy groups -OCH3 is 2. The summed E-state index contributed by atoms with van der Waals surface area (Å²) < 4.78 is 11.5. The largest absolute Gasteiger partial charge is 0.494 e. The van der Waals surface area contributed by atoms with Gasteiger partial charge >= 0.3 is 11.1 Å². The molecule has 0 atom stereocenters. The first-order valence-electron chi connectivity index (χ1n) is 4.94. The summed E-state index contributed by atoms with van der Waals surface area (Å²) in [7, 11) is 4.50. The third-order valence-corrected chi connectivity index (χ3v) is 2.62. The Morgan fingerprint density at radius 2 is 1.71 bits per heavy atom. The fourth-order valence-corrected chi connectivity index (χ4v) is 1.76. The lowest BCUT2D eigenvalue weighted by Crippen LogP contribution is -2.35. The van der Waals surface area contributed by atoms with Gasteiger partial charge in [0.25, 0.3) is 0 Å². The molecular formula is C11H12N2O4. The lowest BCUT2D eigenvalue weighted by molar-refractivity contribution is 0.407. The molecule has 0 aliphatic carbocycles. The number of benzene rings is 1. The van der Waals surface area contributed by atoms with Crippen molar-refractivity contribution in [3.05, 3.63) is 32.8 Å². The molecule has 0 aliphatic rings. The molecule has 90 valence electrons. The van der Waals surface area contributed by atoms with Crippen LogP contribution in [0.1, 0.15) is 0 Å². The van der Waals surface area contributed by atoms with Crippen LogP contribution in [-0.2, 0) is 7.05 Å². The zero-order chi connectivity index (χ0) is 12.6. The number of ether oxygens (including phenoxy) is 2. The van der Waals surface area contributed by atoms with Gasteiger partial charge in [0.2, 0.25) is 0 Å². The number of H-pyrrole nitrogens is 1. The second kappa shape index (κ2) is 3.97. The first-order valence-corrected chi connectivity index (χ1v) is 4.94. The zero-order valence-corrected chi connectivity index (χ0v) is 9.73. The van der Waals surface area contributed by atoms with E-state index in [0.717, 1.165) is 0 Å². The maximum absolute atomic E-state index is 11.6. The topological polar surface area (TPSA) is 73.3 Å². The maximum Gasteiger partial charge on any atom is 0.316 e. The van der Waals surface area contributed by atoms with Crippen LogP contribution in [0.4, 0.5) is 0 Å². The number of aromatic amines is 1. The van der Waals surface area contributed by atoms with E-state index in [0.29, 0.717) is 22.5 Å². The van der Waals surface area contributed by atoms with Crippen molar-refractivity contribution >= 4 is 11.0 Å². The van der Waals surface area contributed by atoms with Gasteiger partial charge in [-0.15, -0.1) is 0 Å². The number of hydrogen-bond acceptors (Lipinski definition) is 4. The van der Waals surface area contributed by atoms with Gasteiger partial charge in [0, 0.05) is 7.05 Å². The molecule has 17 heavy (non-hydrogen) atoms. The Kier molecular flexibility index (Phi) is 2.63. The van der Waals surface area contributed by atoms with Crippen LogP contribution in [0.3, 0.4) is 0 Å². The molecule has 1 heterocycles. The van der Waals surface area contributed by atoms with E-state index in [1.165, 1.54) is 25.8 Å². The average Bonchev–Trinajstić information content (AvgIpc) is 2.34. The predicted octanol–water partition coefficient (Wildman–Crippen LogP) is 0.244.